The number of halogens is 4. The molecule has 1 unspecified atom stereocenters. The summed E-state index contributed by atoms with van der Waals surface area (Å²) in [7, 11) is 1.83. The highest BCUT2D eigenvalue weighted by atomic mass is 79.9. The number of rotatable bonds is 4. The molecule has 1 aromatic heterocycles. The third-order valence-corrected chi connectivity index (χ3v) is 5.37. The van der Waals surface area contributed by atoms with Crippen molar-refractivity contribution in [2.24, 2.45) is 0 Å². The minimum atomic E-state index is -0.827. The Bertz CT molecular complexity index is 569. The van der Waals surface area contributed by atoms with Gasteiger partial charge in [-0.05, 0) is 53.2 Å². The van der Waals surface area contributed by atoms with Crippen LogP contribution in [0.2, 0.25) is 5.02 Å². The average Bonchev–Trinajstić information content (AvgIpc) is 2.71. The van der Waals surface area contributed by atoms with Gasteiger partial charge in [0.15, 0.2) is 11.6 Å². The van der Waals surface area contributed by atoms with Gasteiger partial charge in [-0.1, -0.05) is 17.7 Å². The first-order valence-corrected chi connectivity index (χ1v) is 7.56. The van der Waals surface area contributed by atoms with Gasteiger partial charge in [0.05, 0.1) is 8.81 Å². The lowest BCUT2D eigenvalue weighted by Crippen LogP contribution is -2.17. The van der Waals surface area contributed by atoms with Gasteiger partial charge in [0.25, 0.3) is 0 Å². The Morgan fingerprint density at radius 1 is 1.32 bits per heavy atom. The number of likely N-dealkylation sites (N-methyl/N-ethyl adjacent to an activating group) is 1. The highest BCUT2D eigenvalue weighted by Gasteiger charge is 2.15. The monoisotopic (exact) mass is 365 g/mol. The molecule has 2 rings (SSSR count). The SMILES string of the molecule is CNC(Cc1ccc(F)c(F)c1)c1cc(Cl)c(Br)s1. The van der Waals surface area contributed by atoms with E-state index in [1.54, 1.807) is 6.07 Å². The van der Waals surface area contributed by atoms with Crippen LogP contribution in [0.5, 0.6) is 0 Å². The maximum Gasteiger partial charge on any atom is 0.159 e. The van der Waals surface area contributed by atoms with Crippen LogP contribution >= 0.6 is 38.9 Å². The molecule has 6 heteroatoms. The van der Waals surface area contributed by atoms with Crippen molar-refractivity contribution in [3.63, 3.8) is 0 Å². The first-order chi connectivity index (χ1) is 9.01. The van der Waals surface area contributed by atoms with E-state index in [0.29, 0.717) is 11.4 Å². The Labute approximate surface area is 127 Å². The molecule has 1 aromatic carbocycles. The van der Waals surface area contributed by atoms with Crippen molar-refractivity contribution in [2.75, 3.05) is 7.05 Å². The van der Waals surface area contributed by atoms with Gasteiger partial charge >= 0.3 is 0 Å². The third kappa shape index (κ3) is 3.54. The van der Waals surface area contributed by atoms with E-state index in [4.69, 9.17) is 11.6 Å². The zero-order chi connectivity index (χ0) is 14.0. The van der Waals surface area contributed by atoms with E-state index in [0.717, 1.165) is 20.3 Å². The largest absolute Gasteiger partial charge is 0.312 e. The molecule has 1 nitrogen and oxygen atoms in total. The van der Waals surface area contributed by atoms with Gasteiger partial charge in [0.1, 0.15) is 0 Å². The summed E-state index contributed by atoms with van der Waals surface area (Å²) in [4.78, 5) is 1.05. The second-order valence-corrected chi connectivity index (χ2v) is 6.87. The minimum Gasteiger partial charge on any atom is -0.312 e. The van der Waals surface area contributed by atoms with Crippen LogP contribution in [0.25, 0.3) is 0 Å². The molecule has 1 heterocycles. The standard InChI is InChI=1S/C13H11BrClF2NS/c1-18-11(12-6-8(15)13(14)19-12)5-7-2-3-9(16)10(17)4-7/h2-4,6,11,18H,5H2,1H3. The summed E-state index contributed by atoms with van der Waals surface area (Å²) >= 11 is 10.9. The fraction of sp³-hybridized carbons (Fsp3) is 0.231. The molecule has 0 bridgehead atoms. The molecular formula is C13H11BrClF2NS. The van der Waals surface area contributed by atoms with Crippen LogP contribution in [-0.2, 0) is 6.42 Å². The average molecular weight is 367 g/mol. The molecule has 0 saturated carbocycles. The molecule has 0 aliphatic carbocycles. The first-order valence-electron chi connectivity index (χ1n) is 5.57. The van der Waals surface area contributed by atoms with Gasteiger partial charge in [-0.2, -0.15) is 0 Å². The van der Waals surface area contributed by atoms with E-state index >= 15 is 0 Å². The second-order valence-electron chi connectivity index (χ2n) is 4.06. The van der Waals surface area contributed by atoms with E-state index in [-0.39, 0.29) is 6.04 Å². The fourth-order valence-electron chi connectivity index (χ4n) is 1.78. The number of nitrogens with one attached hydrogen (secondary N) is 1. The van der Waals surface area contributed by atoms with Gasteiger partial charge in [0.2, 0.25) is 0 Å². The normalized spacial score (nSPS) is 12.7. The van der Waals surface area contributed by atoms with Crippen molar-refractivity contribution < 1.29 is 8.78 Å². The lowest BCUT2D eigenvalue weighted by molar-refractivity contribution is 0.505. The summed E-state index contributed by atoms with van der Waals surface area (Å²) in [6.45, 7) is 0. The zero-order valence-electron chi connectivity index (χ0n) is 10.0. The van der Waals surface area contributed by atoms with Crippen molar-refractivity contribution >= 4 is 38.9 Å². The first kappa shape index (κ1) is 14.9. The Balaban J connectivity index is 2.21. The Hall–Kier alpha value is -0.490. The molecule has 102 valence electrons. The molecule has 0 spiro atoms. The highest BCUT2D eigenvalue weighted by Crippen LogP contribution is 2.36. The van der Waals surface area contributed by atoms with Crippen LogP contribution in [0.1, 0.15) is 16.5 Å². The van der Waals surface area contributed by atoms with Crippen LogP contribution < -0.4 is 5.32 Å². The van der Waals surface area contributed by atoms with E-state index in [9.17, 15) is 8.78 Å². The van der Waals surface area contributed by atoms with Crippen molar-refractivity contribution in [1.82, 2.24) is 5.32 Å². The number of hydrogen-bond donors (Lipinski definition) is 1. The Morgan fingerprint density at radius 3 is 2.58 bits per heavy atom. The van der Waals surface area contributed by atoms with Gasteiger partial charge in [-0.25, -0.2) is 8.78 Å². The van der Waals surface area contributed by atoms with Gasteiger partial charge in [0, 0.05) is 10.9 Å². The van der Waals surface area contributed by atoms with Crippen LogP contribution in [-0.4, -0.2) is 7.05 Å². The quantitative estimate of drug-likeness (QED) is 0.807. The van der Waals surface area contributed by atoms with Crippen molar-refractivity contribution in [3.05, 3.63) is 55.1 Å². The van der Waals surface area contributed by atoms with Crippen molar-refractivity contribution in [3.8, 4) is 0 Å². The smallest absolute Gasteiger partial charge is 0.159 e. The van der Waals surface area contributed by atoms with Crippen molar-refractivity contribution in [2.45, 2.75) is 12.5 Å². The van der Waals surface area contributed by atoms with Crippen molar-refractivity contribution in [1.29, 1.82) is 0 Å². The number of thiophene rings is 1. The van der Waals surface area contributed by atoms with Crippen LogP contribution in [0, 0.1) is 11.6 Å². The van der Waals surface area contributed by atoms with Gasteiger partial charge < -0.3 is 5.32 Å². The molecule has 1 N–H and O–H groups in total. The predicted octanol–water partition coefficient (Wildman–Crippen LogP) is 4.95. The fourth-order valence-corrected chi connectivity index (χ4v) is 3.64. The van der Waals surface area contributed by atoms with E-state index in [1.165, 1.54) is 17.4 Å². The molecule has 0 saturated heterocycles. The predicted molar refractivity (Wildman–Crippen MR) is 78.9 cm³/mol. The minimum absolute atomic E-state index is 0.0126. The molecular weight excluding hydrogens is 356 g/mol. The molecule has 1 atom stereocenters. The van der Waals surface area contributed by atoms with Crippen LogP contribution in [0.15, 0.2) is 28.1 Å². The molecule has 0 amide bonds. The Kier molecular flexibility index (Phi) is 4.95. The summed E-state index contributed by atoms with van der Waals surface area (Å²) < 4.78 is 26.9. The maximum absolute atomic E-state index is 13.2. The lowest BCUT2D eigenvalue weighted by Gasteiger charge is -2.14. The summed E-state index contributed by atoms with van der Waals surface area (Å²) in [5, 5.41) is 3.81. The van der Waals surface area contributed by atoms with Gasteiger partial charge in [-0.3, -0.25) is 0 Å². The topological polar surface area (TPSA) is 12.0 Å². The summed E-state index contributed by atoms with van der Waals surface area (Å²) in [6, 6.07) is 5.85. The number of hydrogen-bond acceptors (Lipinski definition) is 2. The summed E-state index contributed by atoms with van der Waals surface area (Å²) in [5.41, 5.74) is 0.735. The summed E-state index contributed by atoms with van der Waals surface area (Å²) in [6.07, 6.45) is 0.566. The van der Waals surface area contributed by atoms with Gasteiger partial charge in [-0.15, -0.1) is 11.3 Å². The summed E-state index contributed by atoms with van der Waals surface area (Å²) in [5.74, 6) is -1.65. The lowest BCUT2D eigenvalue weighted by atomic mass is 10.0. The zero-order valence-corrected chi connectivity index (χ0v) is 13.2. The van der Waals surface area contributed by atoms with E-state index in [1.807, 2.05) is 13.1 Å². The Morgan fingerprint density at radius 2 is 2.05 bits per heavy atom. The molecule has 2 aromatic rings. The van der Waals surface area contributed by atoms with Crippen LogP contribution in [0.3, 0.4) is 0 Å². The van der Waals surface area contributed by atoms with Crippen LogP contribution in [0.4, 0.5) is 8.78 Å². The maximum atomic E-state index is 13.2. The second kappa shape index (κ2) is 6.31. The molecule has 19 heavy (non-hydrogen) atoms. The van der Waals surface area contributed by atoms with E-state index in [2.05, 4.69) is 21.2 Å². The highest BCUT2D eigenvalue weighted by molar-refractivity contribution is 9.11. The molecule has 0 aliphatic rings. The molecule has 0 fully saturated rings. The van der Waals surface area contributed by atoms with E-state index < -0.39 is 11.6 Å². The number of benzene rings is 1. The third-order valence-electron chi connectivity index (χ3n) is 2.78. The molecule has 0 radical (unpaired) electrons. The molecule has 0 aliphatic heterocycles.